The number of hydrogen-bond acceptors (Lipinski definition) is 7. The summed E-state index contributed by atoms with van der Waals surface area (Å²) in [6, 6.07) is 1.08. The Labute approximate surface area is 120 Å². The molecule has 1 fully saturated rings. The Kier molecular flexibility index (Phi) is 4.59. The Morgan fingerprint density at radius 2 is 2.45 bits per heavy atom. The summed E-state index contributed by atoms with van der Waals surface area (Å²) < 4.78 is 19.2. The third kappa shape index (κ3) is 2.99. The van der Waals surface area contributed by atoms with Gasteiger partial charge in [-0.1, -0.05) is 0 Å². The number of ether oxygens (including phenoxy) is 2. The van der Waals surface area contributed by atoms with Gasteiger partial charge in [-0.15, -0.1) is 0 Å². The second-order valence-electron chi connectivity index (χ2n) is 3.86. The molecule has 1 aromatic rings. The number of nitrogens with one attached hydrogen (secondary N) is 1. The van der Waals surface area contributed by atoms with Gasteiger partial charge in [0.1, 0.15) is 0 Å². The van der Waals surface area contributed by atoms with Crippen LogP contribution in [0.25, 0.3) is 0 Å². The third-order valence-electron chi connectivity index (χ3n) is 2.69. The molecule has 0 bridgehead atoms. The van der Waals surface area contributed by atoms with Crippen LogP contribution < -0.4 is 11.2 Å². The van der Waals surface area contributed by atoms with E-state index in [4.69, 9.17) is 10.8 Å². The van der Waals surface area contributed by atoms with Gasteiger partial charge in [-0.2, -0.15) is 0 Å². The topological polar surface area (TPSA) is 114 Å². The molecular weight excluding hydrogens is 307 g/mol. The summed E-state index contributed by atoms with van der Waals surface area (Å²) in [5, 5.41) is 19.3. The molecule has 108 valence electrons. The molecule has 1 aliphatic heterocycles. The Morgan fingerprint density at radius 1 is 1.70 bits per heavy atom. The van der Waals surface area contributed by atoms with Crippen molar-refractivity contribution in [3.05, 3.63) is 33.1 Å². The molecular formula is C10H11N2O6PS. The first-order valence-electron chi connectivity index (χ1n) is 5.95. The molecule has 10 heteroatoms. The molecule has 0 amide bonds. The van der Waals surface area contributed by atoms with Crippen LogP contribution in [0.5, 0.6) is 0 Å². The first-order chi connectivity index (χ1) is 9.91. The number of aromatic amines is 1. The molecule has 0 radical (unpaired) electrons. The molecule has 0 saturated carbocycles. The second-order valence-corrected chi connectivity index (χ2v) is 4.77. The Bertz CT molecular complexity index is 743. The number of aromatic nitrogens is 2. The zero-order valence-corrected chi connectivity index (χ0v) is 11.6. The van der Waals surface area contributed by atoms with E-state index in [0.29, 0.717) is 0 Å². The van der Waals surface area contributed by atoms with Crippen LogP contribution in [-0.2, 0) is 21.3 Å². The van der Waals surface area contributed by atoms with Crippen LogP contribution >= 0.6 is 6.81 Å². The van der Waals surface area contributed by atoms with Gasteiger partial charge >= 0.3 is 119 Å². The maximum atomic E-state index is 11.8. The van der Waals surface area contributed by atoms with E-state index in [1.54, 1.807) is 0 Å². The summed E-state index contributed by atoms with van der Waals surface area (Å²) in [6.45, 7) is -0.450. The van der Waals surface area contributed by atoms with E-state index in [1.807, 2.05) is 4.98 Å². The van der Waals surface area contributed by atoms with Crippen molar-refractivity contribution in [3.63, 3.8) is 0 Å². The van der Waals surface area contributed by atoms with Crippen LogP contribution in [0.1, 0.15) is 7.60 Å². The van der Waals surface area contributed by atoms with Crippen molar-refractivity contribution in [2.75, 3.05) is 6.61 Å². The quantitative estimate of drug-likeness (QED) is 0.581. The van der Waals surface area contributed by atoms with Crippen molar-refractivity contribution in [1.82, 2.24) is 9.55 Å². The van der Waals surface area contributed by atoms with Crippen molar-refractivity contribution in [1.29, 1.82) is 0 Å². The van der Waals surface area contributed by atoms with Gasteiger partial charge in [0.15, 0.2) is 0 Å². The zero-order valence-electron chi connectivity index (χ0n) is 10.9. The van der Waals surface area contributed by atoms with Crippen molar-refractivity contribution in [2.24, 2.45) is 0 Å². The van der Waals surface area contributed by atoms with E-state index in [-0.39, 0.29) is 6.81 Å². The molecule has 20 heavy (non-hydrogen) atoms. The van der Waals surface area contributed by atoms with Crippen LogP contribution in [0.4, 0.5) is 0 Å². The van der Waals surface area contributed by atoms with Gasteiger partial charge < -0.3 is 0 Å². The molecule has 0 unspecified atom stereocenters. The number of hydrogen-bond donors (Lipinski definition) is 3. The molecule has 3 N–H and O–H groups in total. The molecule has 0 aliphatic carbocycles. The van der Waals surface area contributed by atoms with Crippen LogP contribution in [-0.4, -0.2) is 44.7 Å². The second kappa shape index (κ2) is 6.60. The number of aliphatic hydroxyl groups excluding tert-OH is 1. The summed E-state index contributed by atoms with van der Waals surface area (Å²) in [4.78, 5) is 24.9. The normalized spacial score (nSPS) is 33.5. The summed E-state index contributed by atoms with van der Waals surface area (Å²) in [5.74, 6) is 2.28. The predicted molar refractivity (Wildman–Crippen MR) is 71.4 cm³/mol. The van der Waals surface area contributed by atoms with Crippen molar-refractivity contribution in [2.45, 2.75) is 24.5 Å². The van der Waals surface area contributed by atoms with Gasteiger partial charge in [0, 0.05) is 0 Å². The molecule has 1 aliphatic rings. The van der Waals surface area contributed by atoms with E-state index in [2.05, 4.69) is 17.6 Å². The number of rotatable bonds is 3. The molecule has 2 rings (SSSR count). The fraction of sp³-hybridized carbons (Fsp3) is 0.500. The van der Waals surface area contributed by atoms with Gasteiger partial charge in [0.2, 0.25) is 0 Å². The number of aliphatic hydroxyl groups is 2. The summed E-state index contributed by atoms with van der Waals surface area (Å²) >= 11 is 4.60. The fourth-order valence-corrected chi connectivity index (χ4v) is 2.10. The molecule has 1 saturated heterocycles. The average Bonchev–Trinajstić information content (AvgIpc) is 2.67. The Balaban J connectivity index is 2.48. The molecule has 0 aromatic carbocycles. The monoisotopic (exact) mass is 319 g/mol. The molecule has 8 nitrogen and oxygen atoms in total. The third-order valence-corrected chi connectivity index (χ3v) is 3.10. The van der Waals surface area contributed by atoms with Gasteiger partial charge in [-0.05, 0) is 0 Å². The molecule has 0 spiro atoms. The zero-order chi connectivity index (χ0) is 15.6. The van der Waals surface area contributed by atoms with Gasteiger partial charge in [0.25, 0.3) is 0 Å². The average molecular weight is 319 g/mol. The van der Waals surface area contributed by atoms with E-state index in [1.165, 1.54) is 0 Å². The first-order valence-corrected chi connectivity index (χ1v) is 7.35. The Hall–Kier alpha value is -1.05. The van der Waals surface area contributed by atoms with Crippen LogP contribution in [0.15, 0.2) is 21.9 Å². The van der Waals surface area contributed by atoms with Crippen molar-refractivity contribution < 1.29 is 21.1 Å². The van der Waals surface area contributed by atoms with Gasteiger partial charge in [0.05, 0.1) is 0 Å². The first kappa shape index (κ1) is 13.9. The number of nitrogens with zero attached hydrogens (tertiary/aromatic N) is 1. The molecule has 2 heterocycles. The summed E-state index contributed by atoms with van der Waals surface area (Å²) in [7, 11) is 0. The molecule has 4 atom stereocenters. The molecule has 1 aromatic heterocycles. The maximum absolute atomic E-state index is 11.8. The van der Waals surface area contributed by atoms with Gasteiger partial charge in [-0.25, -0.2) is 0 Å². The SMILES string of the molecule is [2H][C@@]1(O)[C@@H](CO)O[C@@H](n2ccc(=O)[nH]c2=O)[C@@H]1OC#P=S. The van der Waals surface area contributed by atoms with Crippen LogP contribution in [0, 0.1) is 5.81 Å². The van der Waals surface area contributed by atoms with Gasteiger partial charge in [-0.3, -0.25) is 0 Å². The summed E-state index contributed by atoms with van der Waals surface area (Å²) in [6.07, 6.45) is -5.05. The Morgan fingerprint density at radius 3 is 3.05 bits per heavy atom. The van der Waals surface area contributed by atoms with Crippen LogP contribution in [0.3, 0.4) is 0 Å². The van der Waals surface area contributed by atoms with E-state index < -0.39 is 42.4 Å². The number of H-pyrrole nitrogens is 1. The predicted octanol–water partition coefficient (Wildman–Crippen LogP) is -1.50. The standard InChI is InChI=1S/C10H11N2O6PS/c13-3-5-7(15)8(17-4-19-20)9(18-5)12-2-1-6(14)11-10(12)16/h1-2,5,7-9,13,15H,3H2,(H,11,14,16)/t5-,7-,8-,9-/m1/s1/i7D. The minimum absolute atomic E-state index is 0.202. The van der Waals surface area contributed by atoms with E-state index >= 15 is 0 Å². The van der Waals surface area contributed by atoms with E-state index in [0.717, 1.165) is 16.8 Å². The minimum atomic E-state index is -2.32. The van der Waals surface area contributed by atoms with Crippen molar-refractivity contribution >= 4 is 18.6 Å². The van der Waals surface area contributed by atoms with E-state index in [9.17, 15) is 19.8 Å². The van der Waals surface area contributed by atoms with Crippen molar-refractivity contribution in [3.8, 4) is 5.81 Å². The fourth-order valence-electron chi connectivity index (χ4n) is 1.81. The van der Waals surface area contributed by atoms with Crippen LogP contribution in [0.2, 0.25) is 0 Å². The summed E-state index contributed by atoms with van der Waals surface area (Å²) in [5.41, 5.74) is -1.40.